The molecule has 0 atom stereocenters. The van der Waals surface area contributed by atoms with Gasteiger partial charge in [-0.15, -0.1) is 0 Å². The van der Waals surface area contributed by atoms with Gasteiger partial charge in [0.25, 0.3) is 0 Å². The van der Waals surface area contributed by atoms with Crippen LogP contribution in [0.2, 0.25) is 0 Å². The lowest BCUT2D eigenvalue weighted by Gasteiger charge is -1.89. The molecule has 0 aliphatic rings. The number of aliphatic carboxylic acids is 1. The van der Waals surface area contributed by atoms with Crippen molar-refractivity contribution in [2.75, 3.05) is 6.54 Å². The Morgan fingerprint density at radius 2 is 2.20 bits per heavy atom. The first-order valence-corrected chi connectivity index (χ1v) is 3.37. The van der Waals surface area contributed by atoms with E-state index in [0.717, 1.165) is 25.3 Å². The Bertz CT molecular complexity index is 121. The molecular weight excluding hydrogens is 130 g/mol. The summed E-state index contributed by atoms with van der Waals surface area (Å²) in [5.41, 5.74) is 5.23. The van der Waals surface area contributed by atoms with Gasteiger partial charge in [0.1, 0.15) is 0 Å². The van der Waals surface area contributed by atoms with Crippen LogP contribution in [0.25, 0.3) is 0 Å². The summed E-state index contributed by atoms with van der Waals surface area (Å²) >= 11 is 0. The van der Waals surface area contributed by atoms with Crippen molar-refractivity contribution >= 4 is 5.97 Å². The first-order valence-electron chi connectivity index (χ1n) is 3.37. The minimum atomic E-state index is -0.882. The van der Waals surface area contributed by atoms with Crippen molar-refractivity contribution < 1.29 is 9.90 Å². The molecule has 0 amide bonds. The molecule has 0 aromatic rings. The number of hydrogen-bond donors (Lipinski definition) is 2. The lowest BCUT2D eigenvalue weighted by Crippen LogP contribution is -1.97. The van der Waals surface area contributed by atoms with Crippen LogP contribution in [0.3, 0.4) is 0 Å². The van der Waals surface area contributed by atoms with Crippen molar-refractivity contribution in [3.05, 3.63) is 12.2 Å². The first kappa shape index (κ1) is 9.17. The zero-order valence-corrected chi connectivity index (χ0v) is 5.92. The molecule has 3 nitrogen and oxygen atoms in total. The summed E-state index contributed by atoms with van der Waals surface area (Å²) in [6.45, 7) is 0.681. The Labute approximate surface area is 60.5 Å². The normalized spacial score (nSPS) is 10.5. The molecule has 0 aromatic heterocycles. The van der Waals surface area contributed by atoms with Crippen molar-refractivity contribution in [3.8, 4) is 0 Å². The molecule has 0 rings (SSSR count). The van der Waals surface area contributed by atoms with Gasteiger partial charge in [-0.05, 0) is 25.8 Å². The number of carboxylic acids is 1. The van der Waals surface area contributed by atoms with Crippen LogP contribution < -0.4 is 5.73 Å². The molecule has 58 valence electrons. The average molecular weight is 143 g/mol. The molecule has 0 unspecified atom stereocenters. The van der Waals surface area contributed by atoms with Gasteiger partial charge in [-0.2, -0.15) is 0 Å². The van der Waals surface area contributed by atoms with Crippen LogP contribution in [0.4, 0.5) is 0 Å². The van der Waals surface area contributed by atoms with Gasteiger partial charge in [0.15, 0.2) is 0 Å². The fourth-order valence-corrected chi connectivity index (χ4v) is 0.591. The molecular formula is C7H13NO2. The van der Waals surface area contributed by atoms with Crippen LogP contribution in [0.5, 0.6) is 0 Å². The van der Waals surface area contributed by atoms with Gasteiger partial charge in [-0.3, -0.25) is 0 Å². The number of nitrogens with two attached hydrogens (primary N) is 1. The number of rotatable bonds is 5. The number of unbranched alkanes of at least 4 members (excludes halogenated alkanes) is 2. The number of carboxylic acid groups (broad SMARTS) is 1. The summed E-state index contributed by atoms with van der Waals surface area (Å²) in [4.78, 5) is 9.92. The molecule has 0 heterocycles. The van der Waals surface area contributed by atoms with E-state index < -0.39 is 5.97 Å². The monoisotopic (exact) mass is 143 g/mol. The van der Waals surface area contributed by atoms with E-state index in [1.807, 2.05) is 0 Å². The number of hydrogen-bond acceptors (Lipinski definition) is 2. The third kappa shape index (κ3) is 7.17. The fraction of sp³-hybridized carbons (Fsp3) is 0.571. The molecule has 10 heavy (non-hydrogen) atoms. The summed E-state index contributed by atoms with van der Waals surface area (Å²) in [7, 11) is 0. The molecule has 0 radical (unpaired) electrons. The van der Waals surface area contributed by atoms with Crippen molar-refractivity contribution in [2.45, 2.75) is 19.3 Å². The summed E-state index contributed by atoms with van der Waals surface area (Å²) in [5.74, 6) is -0.882. The third-order valence-corrected chi connectivity index (χ3v) is 1.09. The Kier molecular flexibility index (Phi) is 5.77. The third-order valence-electron chi connectivity index (χ3n) is 1.09. The second-order valence-electron chi connectivity index (χ2n) is 2.03. The Hall–Kier alpha value is -0.830. The Morgan fingerprint density at radius 3 is 2.70 bits per heavy atom. The summed E-state index contributed by atoms with van der Waals surface area (Å²) in [6.07, 6.45) is 5.56. The summed E-state index contributed by atoms with van der Waals surface area (Å²) in [6, 6.07) is 0. The molecule has 0 saturated heterocycles. The van der Waals surface area contributed by atoms with Crippen molar-refractivity contribution in [2.24, 2.45) is 5.73 Å². The fourth-order valence-electron chi connectivity index (χ4n) is 0.591. The quantitative estimate of drug-likeness (QED) is 0.441. The van der Waals surface area contributed by atoms with E-state index in [1.165, 1.54) is 0 Å². The molecule has 0 spiro atoms. The molecule has 0 aliphatic carbocycles. The van der Waals surface area contributed by atoms with E-state index in [1.54, 1.807) is 6.08 Å². The molecule has 3 N–H and O–H groups in total. The number of allylic oxidation sites excluding steroid dienone is 1. The standard InChI is InChI=1S/C7H13NO2/c8-6-4-2-1-3-5-7(9)10/h3,5H,1-2,4,6,8H2,(H,9,10)/b5-3+. The van der Waals surface area contributed by atoms with Crippen LogP contribution >= 0.6 is 0 Å². The minimum Gasteiger partial charge on any atom is -0.478 e. The van der Waals surface area contributed by atoms with Gasteiger partial charge in [-0.1, -0.05) is 6.08 Å². The van der Waals surface area contributed by atoms with Gasteiger partial charge in [0, 0.05) is 6.08 Å². The molecule has 0 aromatic carbocycles. The highest BCUT2D eigenvalue weighted by atomic mass is 16.4. The largest absolute Gasteiger partial charge is 0.478 e. The second kappa shape index (κ2) is 6.29. The van der Waals surface area contributed by atoms with Gasteiger partial charge in [-0.25, -0.2) is 4.79 Å². The maximum atomic E-state index is 9.92. The molecule has 0 saturated carbocycles. The van der Waals surface area contributed by atoms with Crippen LogP contribution in [0.1, 0.15) is 19.3 Å². The van der Waals surface area contributed by atoms with E-state index in [4.69, 9.17) is 10.8 Å². The topological polar surface area (TPSA) is 63.3 Å². The van der Waals surface area contributed by atoms with Gasteiger partial charge >= 0.3 is 5.97 Å². The Morgan fingerprint density at radius 1 is 1.50 bits per heavy atom. The molecule has 3 heteroatoms. The van der Waals surface area contributed by atoms with E-state index >= 15 is 0 Å². The molecule has 0 fully saturated rings. The van der Waals surface area contributed by atoms with Crippen LogP contribution in [0, 0.1) is 0 Å². The van der Waals surface area contributed by atoms with E-state index in [0.29, 0.717) is 6.54 Å². The van der Waals surface area contributed by atoms with Gasteiger partial charge in [0.2, 0.25) is 0 Å². The maximum absolute atomic E-state index is 9.92. The SMILES string of the molecule is NCCCC/C=C/C(=O)O. The van der Waals surface area contributed by atoms with E-state index in [9.17, 15) is 4.79 Å². The second-order valence-corrected chi connectivity index (χ2v) is 2.03. The minimum absolute atomic E-state index is 0.681. The van der Waals surface area contributed by atoms with Crippen LogP contribution in [0.15, 0.2) is 12.2 Å². The molecule has 0 aliphatic heterocycles. The average Bonchev–Trinajstić information content (AvgIpc) is 1.87. The van der Waals surface area contributed by atoms with Crippen molar-refractivity contribution in [1.29, 1.82) is 0 Å². The van der Waals surface area contributed by atoms with Gasteiger partial charge in [0.05, 0.1) is 0 Å². The van der Waals surface area contributed by atoms with Crippen molar-refractivity contribution in [1.82, 2.24) is 0 Å². The predicted octanol–water partition coefficient (Wildman–Crippen LogP) is 0.756. The maximum Gasteiger partial charge on any atom is 0.327 e. The smallest absolute Gasteiger partial charge is 0.327 e. The lowest BCUT2D eigenvalue weighted by atomic mass is 10.2. The van der Waals surface area contributed by atoms with Gasteiger partial charge < -0.3 is 10.8 Å². The molecule has 0 bridgehead atoms. The van der Waals surface area contributed by atoms with Crippen LogP contribution in [-0.2, 0) is 4.79 Å². The zero-order chi connectivity index (χ0) is 7.82. The van der Waals surface area contributed by atoms with Crippen LogP contribution in [-0.4, -0.2) is 17.6 Å². The highest BCUT2D eigenvalue weighted by Crippen LogP contribution is 1.93. The summed E-state index contributed by atoms with van der Waals surface area (Å²) in [5, 5.41) is 8.16. The lowest BCUT2D eigenvalue weighted by molar-refractivity contribution is -0.131. The first-order chi connectivity index (χ1) is 4.77. The van der Waals surface area contributed by atoms with E-state index in [2.05, 4.69) is 0 Å². The van der Waals surface area contributed by atoms with E-state index in [-0.39, 0.29) is 0 Å². The van der Waals surface area contributed by atoms with Crippen molar-refractivity contribution in [3.63, 3.8) is 0 Å². The number of carbonyl (C=O) groups is 1. The highest BCUT2D eigenvalue weighted by Gasteiger charge is 1.84. The Balaban J connectivity index is 3.10. The summed E-state index contributed by atoms with van der Waals surface area (Å²) < 4.78 is 0. The zero-order valence-electron chi connectivity index (χ0n) is 5.92. The highest BCUT2D eigenvalue weighted by molar-refractivity contribution is 5.79. The predicted molar refractivity (Wildman–Crippen MR) is 39.7 cm³/mol.